The maximum absolute atomic E-state index is 12.9. The van der Waals surface area contributed by atoms with Crippen molar-refractivity contribution in [2.24, 2.45) is 13.0 Å². The molecule has 0 atom stereocenters. The highest BCUT2D eigenvalue weighted by Crippen LogP contribution is 2.45. The van der Waals surface area contributed by atoms with Crippen LogP contribution in [-0.4, -0.2) is 31.6 Å². The molecule has 3 aromatic rings. The Morgan fingerprint density at radius 3 is 2.56 bits per heavy atom. The number of carbonyl (C=O) groups is 1. The van der Waals surface area contributed by atoms with Gasteiger partial charge in [0.25, 0.3) is 0 Å². The zero-order valence-corrected chi connectivity index (χ0v) is 14.2. The molecule has 1 fully saturated rings. The summed E-state index contributed by atoms with van der Waals surface area (Å²) in [6.07, 6.45) is -1.29. The average molecular weight is 371 g/mol. The number of halogens is 3. The predicted octanol–water partition coefficient (Wildman–Crippen LogP) is 4.58. The summed E-state index contributed by atoms with van der Waals surface area (Å²) < 4.78 is 42.4. The molecule has 0 bridgehead atoms. The first kappa shape index (κ1) is 16.4. The lowest BCUT2D eigenvalue weighted by molar-refractivity contribution is -0.183. The number of aryl methyl sites for hydroxylation is 1. The molecule has 1 saturated carbocycles. The molecule has 9 heteroatoms. The monoisotopic (exact) mass is 371 g/mol. The number of fused-ring (bicyclic) bond motifs is 3. The number of alkyl halides is 3. The first-order valence-electron chi connectivity index (χ1n) is 8.03. The molecule has 0 aromatic carbocycles. The van der Waals surface area contributed by atoms with Gasteiger partial charge in [-0.3, -0.25) is 4.68 Å². The van der Waals surface area contributed by atoms with E-state index in [-0.39, 0.29) is 23.8 Å². The van der Waals surface area contributed by atoms with Crippen molar-refractivity contribution in [1.82, 2.24) is 14.3 Å². The highest BCUT2D eigenvalue weighted by atomic mass is 32.1. The Bertz CT molecular complexity index is 961. The SMILES string of the molecule is Cn1cc2c3cc(C(=O)O)sc3n(C3CCC(C(F)(F)F)CC3)c2n1. The van der Waals surface area contributed by atoms with Crippen molar-refractivity contribution in [3.8, 4) is 0 Å². The Kier molecular flexibility index (Phi) is 3.61. The van der Waals surface area contributed by atoms with Crippen LogP contribution in [0.5, 0.6) is 0 Å². The molecule has 25 heavy (non-hydrogen) atoms. The molecule has 4 rings (SSSR count). The molecule has 1 N–H and O–H groups in total. The number of aromatic nitrogens is 3. The summed E-state index contributed by atoms with van der Waals surface area (Å²) in [5.74, 6) is -2.24. The van der Waals surface area contributed by atoms with Crippen LogP contribution in [0.2, 0.25) is 0 Å². The third-order valence-corrected chi connectivity index (χ3v) is 6.12. The minimum Gasteiger partial charge on any atom is -0.477 e. The van der Waals surface area contributed by atoms with Gasteiger partial charge in [0.1, 0.15) is 9.71 Å². The quantitative estimate of drug-likeness (QED) is 0.717. The lowest BCUT2D eigenvalue weighted by atomic mass is 9.85. The molecule has 1 aliphatic rings. The second kappa shape index (κ2) is 5.48. The zero-order chi connectivity index (χ0) is 17.9. The molecule has 0 radical (unpaired) electrons. The third kappa shape index (κ3) is 2.61. The van der Waals surface area contributed by atoms with E-state index >= 15 is 0 Å². The zero-order valence-electron chi connectivity index (χ0n) is 13.4. The maximum atomic E-state index is 12.9. The van der Waals surface area contributed by atoms with Crippen molar-refractivity contribution in [1.29, 1.82) is 0 Å². The lowest BCUT2D eigenvalue weighted by Crippen LogP contribution is -2.28. The Labute approximate surface area is 144 Å². The molecule has 3 heterocycles. The van der Waals surface area contributed by atoms with E-state index in [0.717, 1.165) is 32.6 Å². The first-order valence-corrected chi connectivity index (χ1v) is 8.84. The van der Waals surface area contributed by atoms with Gasteiger partial charge in [-0.1, -0.05) is 0 Å². The van der Waals surface area contributed by atoms with Crippen molar-refractivity contribution in [3.05, 3.63) is 17.1 Å². The molecule has 0 unspecified atom stereocenters. The van der Waals surface area contributed by atoms with Crippen molar-refractivity contribution in [2.45, 2.75) is 37.9 Å². The maximum Gasteiger partial charge on any atom is 0.391 e. The van der Waals surface area contributed by atoms with Gasteiger partial charge >= 0.3 is 12.1 Å². The fraction of sp³-hybridized carbons (Fsp3) is 0.500. The van der Waals surface area contributed by atoms with Crippen LogP contribution in [0.15, 0.2) is 12.3 Å². The molecule has 0 saturated heterocycles. The molecular formula is C16H16F3N3O2S. The largest absolute Gasteiger partial charge is 0.477 e. The number of nitrogens with zero attached hydrogens (tertiary/aromatic N) is 3. The second-order valence-corrected chi connectivity index (χ2v) is 7.62. The summed E-state index contributed by atoms with van der Waals surface area (Å²) in [5, 5.41) is 15.4. The van der Waals surface area contributed by atoms with Gasteiger partial charge in [-0.15, -0.1) is 11.3 Å². The fourth-order valence-electron chi connectivity index (χ4n) is 3.80. The fourth-order valence-corrected chi connectivity index (χ4v) is 4.88. The number of carboxylic acid groups (broad SMARTS) is 1. The summed E-state index contributed by atoms with van der Waals surface area (Å²) in [4.78, 5) is 12.3. The van der Waals surface area contributed by atoms with E-state index in [2.05, 4.69) is 5.10 Å². The summed E-state index contributed by atoms with van der Waals surface area (Å²) in [7, 11) is 1.78. The Morgan fingerprint density at radius 2 is 1.96 bits per heavy atom. The number of aromatic carboxylic acids is 1. The second-order valence-electron chi connectivity index (χ2n) is 6.59. The molecule has 134 valence electrons. The van der Waals surface area contributed by atoms with Gasteiger partial charge in [0.15, 0.2) is 5.65 Å². The van der Waals surface area contributed by atoms with Gasteiger partial charge < -0.3 is 9.67 Å². The van der Waals surface area contributed by atoms with Crippen LogP contribution >= 0.6 is 11.3 Å². The lowest BCUT2D eigenvalue weighted by Gasteiger charge is -2.31. The number of thiophene rings is 1. The summed E-state index contributed by atoms with van der Waals surface area (Å²) in [5.41, 5.74) is 0.719. The van der Waals surface area contributed by atoms with E-state index in [1.807, 2.05) is 10.8 Å². The van der Waals surface area contributed by atoms with Crippen LogP contribution in [0.4, 0.5) is 13.2 Å². The summed E-state index contributed by atoms with van der Waals surface area (Å²) >= 11 is 1.16. The van der Waals surface area contributed by atoms with Crippen LogP contribution < -0.4 is 0 Å². The van der Waals surface area contributed by atoms with Gasteiger partial charge in [0, 0.05) is 30.1 Å². The topological polar surface area (TPSA) is 60.1 Å². The van der Waals surface area contributed by atoms with Gasteiger partial charge in [-0.2, -0.15) is 18.3 Å². The summed E-state index contributed by atoms with van der Waals surface area (Å²) in [6, 6.07) is 1.54. The van der Waals surface area contributed by atoms with Crippen LogP contribution in [-0.2, 0) is 7.05 Å². The van der Waals surface area contributed by atoms with E-state index in [9.17, 15) is 23.1 Å². The van der Waals surface area contributed by atoms with Gasteiger partial charge in [0.05, 0.1) is 5.92 Å². The van der Waals surface area contributed by atoms with Gasteiger partial charge in [-0.05, 0) is 31.7 Å². The molecule has 0 spiro atoms. The van der Waals surface area contributed by atoms with Gasteiger partial charge in [0.2, 0.25) is 0 Å². The Balaban J connectivity index is 1.78. The van der Waals surface area contributed by atoms with E-state index < -0.39 is 18.1 Å². The molecule has 0 aliphatic heterocycles. The van der Waals surface area contributed by atoms with Crippen LogP contribution in [0.25, 0.3) is 21.3 Å². The summed E-state index contributed by atoms with van der Waals surface area (Å²) in [6.45, 7) is 0. The highest BCUT2D eigenvalue weighted by Gasteiger charge is 2.42. The minimum atomic E-state index is -4.14. The predicted molar refractivity (Wildman–Crippen MR) is 88.1 cm³/mol. The molecular weight excluding hydrogens is 355 g/mol. The van der Waals surface area contributed by atoms with E-state index in [1.165, 1.54) is 0 Å². The van der Waals surface area contributed by atoms with Crippen LogP contribution in [0.1, 0.15) is 41.4 Å². The van der Waals surface area contributed by atoms with Crippen molar-refractivity contribution in [3.63, 3.8) is 0 Å². The smallest absolute Gasteiger partial charge is 0.391 e. The first-order chi connectivity index (χ1) is 11.8. The number of carboxylic acids is 1. The standard InChI is InChI=1S/C16H16F3N3O2S/c1-21-7-11-10-6-12(15(23)24)25-14(10)22(13(11)20-21)9-4-2-8(3-5-9)16(17,18)19/h6-9H,2-5H2,1H3,(H,23,24). The molecule has 0 amide bonds. The average Bonchev–Trinajstić information content (AvgIpc) is 3.16. The van der Waals surface area contributed by atoms with Crippen LogP contribution in [0, 0.1) is 5.92 Å². The number of hydrogen-bond acceptors (Lipinski definition) is 3. The van der Waals surface area contributed by atoms with Crippen LogP contribution in [0.3, 0.4) is 0 Å². The van der Waals surface area contributed by atoms with Crippen molar-refractivity contribution >= 4 is 38.6 Å². The third-order valence-electron chi connectivity index (χ3n) is 4.99. The molecule has 3 aromatic heterocycles. The normalized spacial score (nSPS) is 22.1. The molecule has 5 nitrogen and oxygen atoms in total. The van der Waals surface area contributed by atoms with E-state index in [4.69, 9.17) is 0 Å². The number of rotatable bonds is 2. The number of hydrogen-bond donors (Lipinski definition) is 1. The van der Waals surface area contributed by atoms with Gasteiger partial charge in [-0.25, -0.2) is 4.79 Å². The van der Waals surface area contributed by atoms with Crippen molar-refractivity contribution in [2.75, 3.05) is 0 Å². The van der Waals surface area contributed by atoms with Crippen molar-refractivity contribution < 1.29 is 23.1 Å². The minimum absolute atomic E-state index is 0.0891. The Hall–Kier alpha value is -2.03. The Morgan fingerprint density at radius 1 is 1.28 bits per heavy atom. The highest BCUT2D eigenvalue weighted by molar-refractivity contribution is 7.20. The van der Waals surface area contributed by atoms with E-state index in [0.29, 0.717) is 12.8 Å². The molecule has 1 aliphatic carbocycles. The van der Waals surface area contributed by atoms with E-state index in [1.54, 1.807) is 17.8 Å².